The maximum absolute atomic E-state index is 5.47. The highest BCUT2D eigenvalue weighted by Crippen LogP contribution is 2.02. The minimum atomic E-state index is -0.714. The first-order chi connectivity index (χ1) is 10.8. The van der Waals surface area contributed by atoms with Crippen LogP contribution in [-0.2, 0) is 14.0 Å². The van der Waals surface area contributed by atoms with Crippen LogP contribution >= 0.6 is 0 Å². The standard InChI is InChI=1S/C18H33BO3/c1-4-7-10-13-16-20-19(21-17-14-11-8-5-2)22-18-15-12-9-6-3/h13-18H,4-12H2,1-3H3. The highest BCUT2D eigenvalue weighted by atomic mass is 16.7. The van der Waals surface area contributed by atoms with Crippen LogP contribution in [0.15, 0.2) is 37.0 Å². The average Bonchev–Trinajstić information content (AvgIpc) is 2.53. The molecule has 0 spiro atoms. The zero-order chi connectivity index (χ0) is 16.3. The maximum atomic E-state index is 5.47. The molecule has 0 heterocycles. The third kappa shape index (κ3) is 15.1. The van der Waals surface area contributed by atoms with Gasteiger partial charge in [-0.3, -0.25) is 0 Å². The summed E-state index contributed by atoms with van der Waals surface area (Å²) >= 11 is 0. The molecule has 3 nitrogen and oxygen atoms in total. The third-order valence-corrected chi connectivity index (χ3v) is 3.03. The molecule has 22 heavy (non-hydrogen) atoms. The summed E-state index contributed by atoms with van der Waals surface area (Å²) in [7, 11) is -0.714. The first-order valence-electron chi connectivity index (χ1n) is 8.76. The predicted octanol–water partition coefficient (Wildman–Crippen LogP) is 6.13. The molecule has 0 fully saturated rings. The Morgan fingerprint density at radius 2 is 0.909 bits per heavy atom. The monoisotopic (exact) mass is 308 g/mol. The van der Waals surface area contributed by atoms with Crippen LogP contribution < -0.4 is 0 Å². The molecule has 0 aromatic carbocycles. The largest absolute Gasteiger partial charge is 0.862 e. The zero-order valence-corrected chi connectivity index (χ0v) is 14.6. The smallest absolute Gasteiger partial charge is 0.497 e. The van der Waals surface area contributed by atoms with Crippen LogP contribution in [-0.4, -0.2) is 7.32 Å². The lowest BCUT2D eigenvalue weighted by Crippen LogP contribution is -2.20. The Morgan fingerprint density at radius 1 is 0.591 bits per heavy atom. The summed E-state index contributed by atoms with van der Waals surface area (Å²) in [4.78, 5) is 0. The molecule has 0 amide bonds. The second-order valence-corrected chi connectivity index (χ2v) is 5.24. The van der Waals surface area contributed by atoms with E-state index in [9.17, 15) is 0 Å². The summed E-state index contributed by atoms with van der Waals surface area (Å²) in [6.45, 7) is 6.52. The van der Waals surface area contributed by atoms with Crippen molar-refractivity contribution in [1.29, 1.82) is 0 Å². The lowest BCUT2D eigenvalue weighted by Gasteiger charge is -2.08. The van der Waals surface area contributed by atoms with E-state index in [-0.39, 0.29) is 0 Å². The van der Waals surface area contributed by atoms with Gasteiger partial charge in [0.05, 0.1) is 18.8 Å². The van der Waals surface area contributed by atoms with Gasteiger partial charge in [0, 0.05) is 0 Å². The summed E-state index contributed by atoms with van der Waals surface area (Å²) in [5.41, 5.74) is 0. The molecule has 0 unspecified atom stereocenters. The molecule has 0 bridgehead atoms. The Labute approximate surface area is 137 Å². The molecule has 0 saturated heterocycles. The second-order valence-electron chi connectivity index (χ2n) is 5.24. The normalized spacial score (nSPS) is 11.6. The molecule has 0 aromatic rings. The van der Waals surface area contributed by atoms with E-state index in [1.54, 1.807) is 18.8 Å². The van der Waals surface area contributed by atoms with Gasteiger partial charge < -0.3 is 14.0 Å². The van der Waals surface area contributed by atoms with Gasteiger partial charge in [0.1, 0.15) is 0 Å². The number of hydrogen-bond donors (Lipinski definition) is 0. The van der Waals surface area contributed by atoms with Gasteiger partial charge in [-0.05, 0) is 38.5 Å². The van der Waals surface area contributed by atoms with Gasteiger partial charge in [-0.15, -0.1) is 0 Å². The quantitative estimate of drug-likeness (QED) is 0.207. The van der Waals surface area contributed by atoms with Crippen LogP contribution in [0.1, 0.15) is 78.6 Å². The van der Waals surface area contributed by atoms with Crippen LogP contribution in [0.2, 0.25) is 0 Å². The van der Waals surface area contributed by atoms with E-state index >= 15 is 0 Å². The fraction of sp³-hybridized carbons (Fsp3) is 0.667. The average molecular weight is 308 g/mol. The number of allylic oxidation sites excluding steroid dienone is 3. The van der Waals surface area contributed by atoms with Crippen molar-refractivity contribution in [1.82, 2.24) is 0 Å². The van der Waals surface area contributed by atoms with Gasteiger partial charge in [-0.25, -0.2) is 0 Å². The van der Waals surface area contributed by atoms with Crippen molar-refractivity contribution in [2.24, 2.45) is 0 Å². The molecule has 0 rings (SSSR count). The van der Waals surface area contributed by atoms with E-state index in [1.807, 2.05) is 18.2 Å². The van der Waals surface area contributed by atoms with Crippen molar-refractivity contribution in [3.8, 4) is 0 Å². The Hall–Kier alpha value is -1.32. The van der Waals surface area contributed by atoms with Crippen molar-refractivity contribution in [2.75, 3.05) is 0 Å². The first-order valence-corrected chi connectivity index (χ1v) is 8.76. The zero-order valence-electron chi connectivity index (χ0n) is 14.6. The van der Waals surface area contributed by atoms with Crippen molar-refractivity contribution >= 4 is 7.32 Å². The summed E-state index contributed by atoms with van der Waals surface area (Å²) in [6.07, 6.45) is 21.1. The molecule has 0 aliphatic carbocycles. The molecular weight excluding hydrogens is 275 g/mol. The SMILES string of the molecule is CCCCC=COB(OC=CCCCC)OC=CCCCC. The van der Waals surface area contributed by atoms with Gasteiger partial charge in [0.2, 0.25) is 0 Å². The molecular formula is C18H33BO3. The van der Waals surface area contributed by atoms with E-state index < -0.39 is 7.32 Å². The van der Waals surface area contributed by atoms with Gasteiger partial charge in [0.15, 0.2) is 0 Å². The predicted molar refractivity (Wildman–Crippen MR) is 95.0 cm³/mol. The molecule has 0 aliphatic heterocycles. The van der Waals surface area contributed by atoms with Gasteiger partial charge in [-0.2, -0.15) is 0 Å². The minimum absolute atomic E-state index is 0.714. The fourth-order valence-corrected chi connectivity index (χ4v) is 1.63. The van der Waals surface area contributed by atoms with Gasteiger partial charge >= 0.3 is 7.32 Å². The Morgan fingerprint density at radius 3 is 1.18 bits per heavy atom. The second kappa shape index (κ2) is 17.7. The van der Waals surface area contributed by atoms with Crippen LogP contribution in [0.5, 0.6) is 0 Å². The topological polar surface area (TPSA) is 27.7 Å². The van der Waals surface area contributed by atoms with Crippen molar-refractivity contribution in [2.45, 2.75) is 78.6 Å². The summed E-state index contributed by atoms with van der Waals surface area (Å²) in [6, 6.07) is 0. The molecule has 0 aliphatic rings. The summed E-state index contributed by atoms with van der Waals surface area (Å²) in [5.74, 6) is 0. The maximum Gasteiger partial charge on any atom is 0.862 e. The van der Waals surface area contributed by atoms with Gasteiger partial charge in [-0.1, -0.05) is 58.3 Å². The molecule has 0 radical (unpaired) electrons. The lowest BCUT2D eigenvalue weighted by atomic mass is 10.2. The van der Waals surface area contributed by atoms with Crippen LogP contribution in [0.25, 0.3) is 0 Å². The number of unbranched alkanes of at least 4 members (excludes halogenated alkanes) is 6. The molecule has 0 aromatic heterocycles. The third-order valence-electron chi connectivity index (χ3n) is 3.03. The minimum Gasteiger partial charge on any atom is -0.497 e. The van der Waals surface area contributed by atoms with Crippen LogP contribution in [0.3, 0.4) is 0 Å². The Bertz CT molecular complexity index is 253. The molecule has 126 valence electrons. The number of rotatable bonds is 15. The van der Waals surface area contributed by atoms with E-state index in [4.69, 9.17) is 14.0 Å². The van der Waals surface area contributed by atoms with Crippen molar-refractivity contribution in [3.05, 3.63) is 37.0 Å². The summed E-state index contributed by atoms with van der Waals surface area (Å²) in [5, 5.41) is 0. The molecule has 0 atom stereocenters. The highest BCUT2D eigenvalue weighted by Gasteiger charge is 2.24. The van der Waals surface area contributed by atoms with E-state index in [2.05, 4.69) is 20.8 Å². The van der Waals surface area contributed by atoms with E-state index in [0.29, 0.717) is 0 Å². The molecule has 0 saturated carbocycles. The van der Waals surface area contributed by atoms with Crippen molar-refractivity contribution in [3.63, 3.8) is 0 Å². The Balaban J connectivity index is 4.09. The van der Waals surface area contributed by atoms with E-state index in [1.165, 1.54) is 38.5 Å². The van der Waals surface area contributed by atoms with E-state index in [0.717, 1.165) is 19.3 Å². The van der Waals surface area contributed by atoms with Crippen molar-refractivity contribution < 1.29 is 14.0 Å². The summed E-state index contributed by atoms with van der Waals surface area (Å²) < 4.78 is 16.4. The van der Waals surface area contributed by atoms with Crippen LogP contribution in [0.4, 0.5) is 0 Å². The molecule has 0 N–H and O–H groups in total. The molecule has 4 heteroatoms. The first kappa shape index (κ1) is 20.7. The Kier molecular flexibility index (Phi) is 16.7. The van der Waals surface area contributed by atoms with Gasteiger partial charge in [0.25, 0.3) is 0 Å². The fourth-order valence-electron chi connectivity index (χ4n) is 1.63. The van der Waals surface area contributed by atoms with Crippen LogP contribution in [0, 0.1) is 0 Å². The number of hydrogen-bond acceptors (Lipinski definition) is 3. The lowest BCUT2D eigenvalue weighted by molar-refractivity contribution is 0.222. The highest BCUT2D eigenvalue weighted by molar-refractivity contribution is 6.37.